The number of hydrogen-bond acceptors (Lipinski definition) is 5. The Labute approximate surface area is 161 Å². The lowest BCUT2D eigenvalue weighted by Gasteiger charge is -2.22. The largest absolute Gasteiger partial charge is 0.468 e. The number of hydrogen-bond donors (Lipinski definition) is 0. The molecule has 2 rings (SSSR count). The van der Waals surface area contributed by atoms with E-state index in [0.717, 1.165) is 11.1 Å². The first-order chi connectivity index (χ1) is 12.9. The Kier molecular flexibility index (Phi) is 7.55. The molecule has 0 radical (unpaired) electrons. The molecule has 0 saturated heterocycles. The molecule has 0 aliphatic carbocycles. The fourth-order valence-corrected chi connectivity index (χ4v) is 2.35. The minimum atomic E-state index is -0.616. The number of rotatable bonds is 8. The standard InChI is InChI=1S/C22H27NO4/c1-22(2,3)27-21(24)20(23-15-18-8-6-5-7-9-18)14-17-10-12-19(13-11-17)26-16-25-4/h5-13,15,20H,14,16H2,1-4H3/t20-/m0/s1. The van der Waals surface area contributed by atoms with E-state index in [1.807, 2.05) is 75.4 Å². The third kappa shape index (κ3) is 7.62. The molecule has 0 fully saturated rings. The molecule has 0 saturated carbocycles. The van der Waals surface area contributed by atoms with Crippen molar-refractivity contribution in [2.75, 3.05) is 13.9 Å². The summed E-state index contributed by atoms with van der Waals surface area (Å²) in [6.45, 7) is 5.75. The number of esters is 1. The van der Waals surface area contributed by atoms with Crippen molar-refractivity contribution in [2.45, 2.75) is 38.8 Å². The zero-order valence-electron chi connectivity index (χ0n) is 16.3. The maximum Gasteiger partial charge on any atom is 0.331 e. The molecule has 0 aliphatic heterocycles. The van der Waals surface area contributed by atoms with Crippen molar-refractivity contribution in [2.24, 2.45) is 4.99 Å². The van der Waals surface area contributed by atoms with Crippen molar-refractivity contribution in [1.29, 1.82) is 0 Å². The third-order valence-corrected chi connectivity index (χ3v) is 3.58. The van der Waals surface area contributed by atoms with Crippen LogP contribution < -0.4 is 4.74 Å². The number of ether oxygens (including phenoxy) is 3. The van der Waals surface area contributed by atoms with Crippen molar-refractivity contribution in [3.8, 4) is 5.75 Å². The second kappa shape index (κ2) is 9.88. The lowest BCUT2D eigenvalue weighted by atomic mass is 10.1. The van der Waals surface area contributed by atoms with Crippen LogP contribution >= 0.6 is 0 Å². The lowest BCUT2D eigenvalue weighted by Crippen LogP contribution is -2.32. The zero-order chi connectivity index (χ0) is 19.7. The van der Waals surface area contributed by atoms with Gasteiger partial charge in [-0.15, -0.1) is 0 Å². The van der Waals surface area contributed by atoms with Crippen LogP contribution in [-0.2, 0) is 20.7 Å². The maximum atomic E-state index is 12.6. The van der Waals surface area contributed by atoms with Gasteiger partial charge in [0.15, 0.2) is 12.8 Å². The van der Waals surface area contributed by atoms with Crippen LogP contribution in [0.25, 0.3) is 0 Å². The first-order valence-corrected chi connectivity index (χ1v) is 8.89. The Hall–Kier alpha value is -2.66. The number of carbonyl (C=O) groups excluding carboxylic acids is 1. The van der Waals surface area contributed by atoms with Gasteiger partial charge in [-0.1, -0.05) is 42.5 Å². The summed E-state index contributed by atoms with van der Waals surface area (Å²) in [7, 11) is 1.57. The minimum Gasteiger partial charge on any atom is -0.468 e. The molecule has 0 heterocycles. The highest BCUT2D eigenvalue weighted by atomic mass is 16.7. The van der Waals surface area contributed by atoms with Crippen LogP contribution in [0.15, 0.2) is 59.6 Å². The van der Waals surface area contributed by atoms with Gasteiger partial charge in [-0.05, 0) is 44.0 Å². The Balaban J connectivity index is 2.13. The summed E-state index contributed by atoms with van der Waals surface area (Å²) in [6.07, 6.45) is 2.16. The third-order valence-electron chi connectivity index (χ3n) is 3.58. The summed E-state index contributed by atoms with van der Waals surface area (Å²) >= 11 is 0. The summed E-state index contributed by atoms with van der Waals surface area (Å²) < 4.78 is 15.8. The highest BCUT2D eigenvalue weighted by Gasteiger charge is 2.24. The molecule has 2 aromatic rings. The molecule has 0 unspecified atom stereocenters. The number of carbonyl (C=O) groups is 1. The quantitative estimate of drug-likeness (QED) is 0.400. The van der Waals surface area contributed by atoms with E-state index in [9.17, 15) is 4.79 Å². The molecule has 1 atom stereocenters. The van der Waals surface area contributed by atoms with Gasteiger partial charge in [-0.25, -0.2) is 4.79 Å². The van der Waals surface area contributed by atoms with Crippen LogP contribution in [0.3, 0.4) is 0 Å². The fraction of sp³-hybridized carbons (Fsp3) is 0.364. The molecule has 0 aromatic heterocycles. The van der Waals surface area contributed by atoms with Crippen molar-refractivity contribution >= 4 is 12.2 Å². The molecular weight excluding hydrogens is 342 g/mol. The Morgan fingerprint density at radius 1 is 1.07 bits per heavy atom. The predicted octanol–water partition coefficient (Wildman–Crippen LogP) is 4.04. The number of nitrogens with zero attached hydrogens (tertiary/aromatic N) is 1. The topological polar surface area (TPSA) is 57.1 Å². The molecule has 0 spiro atoms. The summed E-state index contributed by atoms with van der Waals surface area (Å²) in [5, 5.41) is 0. The van der Waals surface area contributed by atoms with E-state index in [4.69, 9.17) is 14.2 Å². The Morgan fingerprint density at radius 3 is 2.33 bits per heavy atom. The molecular formula is C22H27NO4. The van der Waals surface area contributed by atoms with Crippen LogP contribution in [0.1, 0.15) is 31.9 Å². The second-order valence-electron chi connectivity index (χ2n) is 7.14. The first kappa shape index (κ1) is 20.6. The molecule has 27 heavy (non-hydrogen) atoms. The van der Waals surface area contributed by atoms with E-state index in [0.29, 0.717) is 12.2 Å². The highest BCUT2D eigenvalue weighted by molar-refractivity contribution is 5.84. The van der Waals surface area contributed by atoms with Gasteiger partial charge in [-0.3, -0.25) is 4.99 Å². The van der Waals surface area contributed by atoms with Gasteiger partial charge in [0, 0.05) is 19.7 Å². The van der Waals surface area contributed by atoms with Crippen LogP contribution in [0.4, 0.5) is 0 Å². The normalized spacial score (nSPS) is 12.7. The molecule has 144 valence electrons. The van der Waals surface area contributed by atoms with E-state index >= 15 is 0 Å². The van der Waals surface area contributed by atoms with Crippen LogP contribution in [0.2, 0.25) is 0 Å². The molecule has 0 bridgehead atoms. The van der Waals surface area contributed by atoms with Gasteiger partial charge in [0.05, 0.1) is 0 Å². The summed E-state index contributed by atoms with van der Waals surface area (Å²) in [6, 6.07) is 16.6. The second-order valence-corrected chi connectivity index (χ2v) is 7.14. The SMILES string of the molecule is COCOc1ccc(C[C@H](N=Cc2ccccc2)C(=O)OC(C)(C)C)cc1. The minimum absolute atomic E-state index is 0.196. The molecule has 0 amide bonds. The number of methoxy groups -OCH3 is 1. The number of benzene rings is 2. The van der Waals surface area contributed by atoms with Gasteiger partial charge in [0.25, 0.3) is 0 Å². The fourth-order valence-electron chi connectivity index (χ4n) is 2.35. The zero-order valence-corrected chi connectivity index (χ0v) is 16.3. The van der Waals surface area contributed by atoms with Gasteiger partial charge in [-0.2, -0.15) is 0 Å². The van der Waals surface area contributed by atoms with E-state index < -0.39 is 11.6 Å². The predicted molar refractivity (Wildman–Crippen MR) is 106 cm³/mol. The molecule has 0 aliphatic rings. The Morgan fingerprint density at radius 2 is 1.74 bits per heavy atom. The lowest BCUT2D eigenvalue weighted by molar-refractivity contribution is -0.156. The first-order valence-electron chi connectivity index (χ1n) is 8.89. The molecule has 5 heteroatoms. The van der Waals surface area contributed by atoms with Gasteiger partial charge < -0.3 is 14.2 Å². The highest BCUT2D eigenvalue weighted by Crippen LogP contribution is 2.17. The van der Waals surface area contributed by atoms with E-state index in [1.165, 1.54) is 0 Å². The molecule has 0 N–H and O–H groups in total. The Bertz CT molecular complexity index is 733. The van der Waals surface area contributed by atoms with E-state index in [1.54, 1.807) is 13.3 Å². The van der Waals surface area contributed by atoms with Gasteiger partial charge >= 0.3 is 5.97 Å². The summed E-state index contributed by atoms with van der Waals surface area (Å²) in [4.78, 5) is 17.1. The van der Waals surface area contributed by atoms with Crippen LogP contribution in [0.5, 0.6) is 5.75 Å². The van der Waals surface area contributed by atoms with Crippen molar-refractivity contribution in [1.82, 2.24) is 0 Å². The van der Waals surface area contributed by atoms with E-state index in [-0.39, 0.29) is 12.8 Å². The van der Waals surface area contributed by atoms with Crippen LogP contribution in [-0.4, -0.2) is 37.7 Å². The number of aliphatic imine (C=N–C) groups is 1. The van der Waals surface area contributed by atoms with Crippen molar-refractivity contribution < 1.29 is 19.0 Å². The molecule has 2 aromatic carbocycles. The van der Waals surface area contributed by atoms with Gasteiger partial charge in [0.1, 0.15) is 11.4 Å². The van der Waals surface area contributed by atoms with Gasteiger partial charge in [0.2, 0.25) is 0 Å². The summed E-state index contributed by atoms with van der Waals surface area (Å²) in [5.74, 6) is 0.372. The summed E-state index contributed by atoms with van der Waals surface area (Å²) in [5.41, 5.74) is 1.35. The van der Waals surface area contributed by atoms with E-state index in [2.05, 4.69) is 4.99 Å². The average Bonchev–Trinajstić information content (AvgIpc) is 2.63. The van der Waals surface area contributed by atoms with Crippen LogP contribution in [0, 0.1) is 0 Å². The average molecular weight is 369 g/mol. The van der Waals surface area contributed by atoms with Crippen molar-refractivity contribution in [3.05, 3.63) is 65.7 Å². The molecule has 5 nitrogen and oxygen atoms in total. The van der Waals surface area contributed by atoms with Crippen molar-refractivity contribution in [3.63, 3.8) is 0 Å². The monoisotopic (exact) mass is 369 g/mol. The smallest absolute Gasteiger partial charge is 0.331 e. The maximum absolute atomic E-state index is 12.6.